The molecule has 4 nitrogen and oxygen atoms in total. The first-order valence-electron chi connectivity index (χ1n) is 7.16. The smallest absolute Gasteiger partial charge is 0.328 e. The average molecular weight is 292 g/mol. The van der Waals surface area contributed by atoms with Crippen molar-refractivity contribution in [3.05, 3.63) is 35.7 Å². The lowest BCUT2D eigenvalue weighted by Crippen LogP contribution is -2.51. The Labute approximate surface area is 124 Å². The molecule has 2 rings (SSSR count). The van der Waals surface area contributed by atoms with E-state index in [1.165, 1.54) is 18.2 Å². The highest BCUT2D eigenvalue weighted by Crippen LogP contribution is 2.23. The topological polar surface area (TPSA) is 43.8 Å². The molecule has 0 spiro atoms. The molecule has 1 aromatic rings. The number of nitrogens with zero attached hydrogens (tertiary/aromatic N) is 2. The second kappa shape index (κ2) is 6.72. The lowest BCUT2D eigenvalue weighted by molar-refractivity contribution is -0.131. The number of hydrogen-bond donors (Lipinski definition) is 1. The first kappa shape index (κ1) is 15.5. The van der Waals surface area contributed by atoms with Crippen LogP contribution in [0.5, 0.6) is 0 Å². The van der Waals surface area contributed by atoms with Crippen LogP contribution in [-0.2, 0) is 4.79 Å². The molecule has 1 atom stereocenters. The van der Waals surface area contributed by atoms with Gasteiger partial charge in [0.25, 0.3) is 0 Å². The van der Waals surface area contributed by atoms with Gasteiger partial charge >= 0.3 is 5.97 Å². The summed E-state index contributed by atoms with van der Waals surface area (Å²) >= 11 is 0. The van der Waals surface area contributed by atoms with E-state index in [4.69, 9.17) is 5.11 Å². The van der Waals surface area contributed by atoms with Crippen LogP contribution >= 0.6 is 0 Å². The van der Waals surface area contributed by atoms with Crippen molar-refractivity contribution in [2.24, 2.45) is 0 Å². The third-order valence-corrected chi connectivity index (χ3v) is 3.94. The normalized spacial score (nSPS) is 20.1. The van der Waals surface area contributed by atoms with E-state index in [-0.39, 0.29) is 5.82 Å². The van der Waals surface area contributed by atoms with E-state index in [9.17, 15) is 9.18 Å². The number of anilines is 1. The van der Waals surface area contributed by atoms with Gasteiger partial charge < -0.3 is 10.0 Å². The van der Waals surface area contributed by atoms with Crippen molar-refractivity contribution in [2.75, 3.05) is 31.6 Å². The molecule has 1 N–H and O–H groups in total. The van der Waals surface area contributed by atoms with Gasteiger partial charge in [-0.2, -0.15) is 0 Å². The van der Waals surface area contributed by atoms with Crippen LogP contribution in [0.25, 0.3) is 6.08 Å². The first-order valence-corrected chi connectivity index (χ1v) is 7.16. The highest BCUT2D eigenvalue weighted by Gasteiger charge is 2.23. The van der Waals surface area contributed by atoms with Crippen LogP contribution in [0, 0.1) is 5.82 Å². The van der Waals surface area contributed by atoms with Crippen molar-refractivity contribution < 1.29 is 14.3 Å². The molecule has 1 aromatic carbocycles. The molecule has 0 aliphatic carbocycles. The fourth-order valence-corrected chi connectivity index (χ4v) is 2.66. The Morgan fingerprint density at radius 3 is 2.86 bits per heavy atom. The quantitative estimate of drug-likeness (QED) is 0.866. The van der Waals surface area contributed by atoms with Crippen LogP contribution in [0.4, 0.5) is 10.1 Å². The van der Waals surface area contributed by atoms with E-state index in [1.807, 2.05) is 6.07 Å². The standard InChI is InChI=1S/C16H21FN2O2/c1-3-14-11-19(7-6-18(14)2)15-9-12(4-5-16(20)21)8-13(17)10-15/h4-5,8-10,14H,3,6-7,11H2,1-2H3,(H,20,21)/b5-4+. The predicted octanol–water partition coefficient (Wildman–Crippen LogP) is 2.45. The maximum absolute atomic E-state index is 13.7. The number of likely N-dealkylation sites (N-methyl/N-ethyl adjacent to an activating group) is 1. The Bertz CT molecular complexity index is 545. The van der Waals surface area contributed by atoms with Crippen LogP contribution in [0.15, 0.2) is 24.3 Å². The minimum atomic E-state index is -1.04. The predicted molar refractivity (Wildman–Crippen MR) is 82.0 cm³/mol. The Morgan fingerprint density at radius 2 is 2.19 bits per heavy atom. The summed E-state index contributed by atoms with van der Waals surface area (Å²) < 4.78 is 13.7. The number of halogens is 1. The van der Waals surface area contributed by atoms with E-state index in [0.717, 1.165) is 37.8 Å². The van der Waals surface area contributed by atoms with Gasteiger partial charge in [0.05, 0.1) is 0 Å². The summed E-state index contributed by atoms with van der Waals surface area (Å²) in [6.45, 7) is 4.80. The van der Waals surface area contributed by atoms with Gasteiger partial charge in [-0.1, -0.05) is 6.92 Å². The second-order valence-electron chi connectivity index (χ2n) is 5.40. The third-order valence-electron chi connectivity index (χ3n) is 3.94. The molecule has 0 saturated carbocycles. The minimum Gasteiger partial charge on any atom is -0.478 e. The zero-order valence-corrected chi connectivity index (χ0v) is 12.4. The lowest BCUT2D eigenvalue weighted by atomic mass is 10.1. The van der Waals surface area contributed by atoms with Crippen molar-refractivity contribution in [3.8, 4) is 0 Å². The third kappa shape index (κ3) is 4.04. The molecule has 1 aliphatic heterocycles. The fourth-order valence-electron chi connectivity index (χ4n) is 2.66. The molecule has 5 heteroatoms. The van der Waals surface area contributed by atoms with Crippen LogP contribution in [0.1, 0.15) is 18.9 Å². The number of rotatable bonds is 4. The number of carboxylic acid groups (broad SMARTS) is 1. The molecule has 0 aromatic heterocycles. The van der Waals surface area contributed by atoms with Crippen molar-refractivity contribution in [1.82, 2.24) is 4.90 Å². The number of carboxylic acids is 1. The summed E-state index contributed by atoms with van der Waals surface area (Å²) in [6, 6.07) is 5.15. The van der Waals surface area contributed by atoms with Crippen molar-refractivity contribution in [3.63, 3.8) is 0 Å². The summed E-state index contributed by atoms with van der Waals surface area (Å²) in [5.41, 5.74) is 1.38. The maximum atomic E-state index is 13.7. The van der Waals surface area contributed by atoms with Crippen molar-refractivity contribution in [1.29, 1.82) is 0 Å². The number of piperazine rings is 1. The molecule has 21 heavy (non-hydrogen) atoms. The zero-order valence-electron chi connectivity index (χ0n) is 12.4. The van der Waals surface area contributed by atoms with E-state index < -0.39 is 5.97 Å². The molecule has 114 valence electrons. The van der Waals surface area contributed by atoms with E-state index in [0.29, 0.717) is 11.6 Å². The van der Waals surface area contributed by atoms with Gasteiger partial charge in [-0.15, -0.1) is 0 Å². The van der Waals surface area contributed by atoms with Crippen LogP contribution in [0.3, 0.4) is 0 Å². The Balaban J connectivity index is 2.21. The molecule has 0 bridgehead atoms. The van der Waals surface area contributed by atoms with Gasteiger partial charge in [0.1, 0.15) is 5.82 Å². The summed E-state index contributed by atoms with van der Waals surface area (Å²) in [7, 11) is 2.11. The van der Waals surface area contributed by atoms with Gasteiger partial charge in [-0.25, -0.2) is 9.18 Å². The van der Waals surface area contributed by atoms with Gasteiger partial charge in [-0.05, 0) is 43.3 Å². The average Bonchev–Trinajstić information content (AvgIpc) is 2.45. The Kier molecular flexibility index (Phi) is 4.96. The number of carbonyl (C=O) groups is 1. The van der Waals surface area contributed by atoms with E-state index in [2.05, 4.69) is 23.8 Å². The zero-order chi connectivity index (χ0) is 15.4. The van der Waals surface area contributed by atoms with Gasteiger partial charge in [-0.3, -0.25) is 4.90 Å². The lowest BCUT2D eigenvalue weighted by Gasteiger charge is -2.40. The summed E-state index contributed by atoms with van der Waals surface area (Å²) in [4.78, 5) is 15.0. The molecule has 0 amide bonds. The minimum absolute atomic E-state index is 0.343. The van der Waals surface area contributed by atoms with E-state index >= 15 is 0 Å². The molecule has 1 saturated heterocycles. The largest absolute Gasteiger partial charge is 0.478 e. The van der Waals surface area contributed by atoms with Gasteiger partial charge in [0, 0.05) is 37.4 Å². The van der Waals surface area contributed by atoms with Crippen molar-refractivity contribution in [2.45, 2.75) is 19.4 Å². The fraction of sp³-hybridized carbons (Fsp3) is 0.438. The Hall–Kier alpha value is -1.88. The van der Waals surface area contributed by atoms with E-state index in [1.54, 1.807) is 0 Å². The van der Waals surface area contributed by atoms with Crippen LogP contribution in [-0.4, -0.2) is 48.7 Å². The summed E-state index contributed by atoms with van der Waals surface area (Å²) in [6.07, 6.45) is 3.49. The van der Waals surface area contributed by atoms with Crippen molar-refractivity contribution >= 4 is 17.7 Å². The molecular weight excluding hydrogens is 271 g/mol. The first-order chi connectivity index (χ1) is 9.99. The highest BCUT2D eigenvalue weighted by atomic mass is 19.1. The second-order valence-corrected chi connectivity index (χ2v) is 5.40. The highest BCUT2D eigenvalue weighted by molar-refractivity contribution is 5.85. The van der Waals surface area contributed by atoms with Gasteiger partial charge in [0.2, 0.25) is 0 Å². The van der Waals surface area contributed by atoms with Crippen LogP contribution in [0.2, 0.25) is 0 Å². The number of benzene rings is 1. The maximum Gasteiger partial charge on any atom is 0.328 e. The van der Waals surface area contributed by atoms with Crippen LogP contribution < -0.4 is 4.90 Å². The molecular formula is C16H21FN2O2. The monoisotopic (exact) mass is 292 g/mol. The van der Waals surface area contributed by atoms with Gasteiger partial charge in [0.15, 0.2) is 0 Å². The summed E-state index contributed by atoms with van der Waals surface area (Å²) in [5, 5.41) is 8.66. The Morgan fingerprint density at radius 1 is 1.43 bits per heavy atom. The SMILES string of the molecule is CCC1CN(c2cc(F)cc(/C=C/C(=O)O)c2)CCN1C. The molecule has 1 aliphatic rings. The summed E-state index contributed by atoms with van der Waals surface area (Å²) in [5.74, 6) is -1.38. The molecule has 1 fully saturated rings. The number of aliphatic carboxylic acids is 1. The molecule has 0 radical (unpaired) electrons. The molecule has 1 heterocycles. The number of hydrogen-bond acceptors (Lipinski definition) is 3. The molecule has 1 unspecified atom stereocenters.